The molecule has 27 heavy (non-hydrogen) atoms. The quantitative estimate of drug-likeness (QED) is 0.666. The van der Waals surface area contributed by atoms with E-state index in [-0.39, 0.29) is 17.4 Å². The molecule has 0 aliphatic carbocycles. The largest absolute Gasteiger partial charge is 0.494 e. The highest BCUT2D eigenvalue weighted by Gasteiger charge is 2.29. The number of anilines is 1. The highest BCUT2D eigenvalue weighted by atomic mass is 32.2. The van der Waals surface area contributed by atoms with Crippen LogP contribution in [0.15, 0.2) is 47.4 Å². The number of carbonyl (C=O) groups excluding carboxylic acids is 1. The molecule has 8 nitrogen and oxygen atoms in total. The van der Waals surface area contributed by atoms with Crippen molar-refractivity contribution in [3.63, 3.8) is 0 Å². The number of ether oxygens (including phenoxy) is 4. The van der Waals surface area contributed by atoms with Crippen molar-refractivity contribution in [1.82, 2.24) is 0 Å². The number of benzene rings is 2. The van der Waals surface area contributed by atoms with Gasteiger partial charge in [-0.05, 0) is 43.3 Å². The summed E-state index contributed by atoms with van der Waals surface area (Å²) >= 11 is 0. The van der Waals surface area contributed by atoms with Crippen LogP contribution in [0.5, 0.6) is 17.2 Å². The number of rotatable bonds is 7. The molecule has 0 N–H and O–H groups in total. The smallest absolute Gasteiger partial charge is 0.326 e. The van der Waals surface area contributed by atoms with E-state index in [0.29, 0.717) is 23.9 Å². The standard InChI is InChI=1S/C18H19NO7S/c1-3-24-14-5-7-15(8-6-14)27(21,22)19(11-18(20)23-2)13-4-9-16-17(10-13)26-12-25-16/h4-10H,3,11-12H2,1-2H3. The fraction of sp³-hybridized carbons (Fsp3) is 0.278. The summed E-state index contributed by atoms with van der Waals surface area (Å²) in [6.07, 6.45) is 0. The number of carbonyl (C=O) groups is 1. The molecule has 1 aliphatic heterocycles. The van der Waals surface area contributed by atoms with Crippen LogP contribution in [-0.2, 0) is 19.6 Å². The monoisotopic (exact) mass is 393 g/mol. The summed E-state index contributed by atoms with van der Waals surface area (Å²) in [7, 11) is -2.83. The molecule has 1 aliphatic rings. The normalized spacial score (nSPS) is 12.5. The van der Waals surface area contributed by atoms with Gasteiger partial charge < -0.3 is 18.9 Å². The van der Waals surface area contributed by atoms with E-state index in [1.54, 1.807) is 24.3 Å². The van der Waals surface area contributed by atoms with E-state index < -0.39 is 22.5 Å². The fourth-order valence-electron chi connectivity index (χ4n) is 2.54. The van der Waals surface area contributed by atoms with Crippen molar-refractivity contribution in [3.05, 3.63) is 42.5 Å². The van der Waals surface area contributed by atoms with Crippen LogP contribution in [0.2, 0.25) is 0 Å². The van der Waals surface area contributed by atoms with Crippen molar-refractivity contribution < 1.29 is 32.2 Å². The Kier molecular flexibility index (Phi) is 5.41. The molecule has 1 heterocycles. The summed E-state index contributed by atoms with van der Waals surface area (Å²) < 4.78 is 47.8. The Balaban J connectivity index is 1.99. The van der Waals surface area contributed by atoms with Crippen molar-refractivity contribution in [3.8, 4) is 17.2 Å². The van der Waals surface area contributed by atoms with Gasteiger partial charge in [-0.15, -0.1) is 0 Å². The average Bonchev–Trinajstić information content (AvgIpc) is 3.14. The van der Waals surface area contributed by atoms with E-state index in [1.807, 2.05) is 6.92 Å². The first-order valence-electron chi connectivity index (χ1n) is 8.17. The Labute approximate surface area is 157 Å². The molecule has 0 unspecified atom stereocenters. The Hall–Kier alpha value is -2.94. The van der Waals surface area contributed by atoms with Crippen LogP contribution in [0.4, 0.5) is 5.69 Å². The second kappa shape index (κ2) is 7.75. The van der Waals surface area contributed by atoms with E-state index in [4.69, 9.17) is 14.2 Å². The maximum absolute atomic E-state index is 13.2. The lowest BCUT2D eigenvalue weighted by molar-refractivity contribution is -0.138. The van der Waals surface area contributed by atoms with Crippen LogP contribution in [-0.4, -0.2) is 41.4 Å². The second-order valence-corrected chi connectivity index (χ2v) is 7.39. The first-order chi connectivity index (χ1) is 13.0. The Morgan fingerprint density at radius 1 is 1.11 bits per heavy atom. The zero-order chi connectivity index (χ0) is 19.4. The molecule has 0 bridgehead atoms. The van der Waals surface area contributed by atoms with Gasteiger partial charge in [0, 0.05) is 6.07 Å². The van der Waals surface area contributed by atoms with E-state index in [0.717, 1.165) is 4.31 Å². The first-order valence-corrected chi connectivity index (χ1v) is 9.61. The maximum Gasteiger partial charge on any atom is 0.326 e. The molecule has 0 saturated carbocycles. The number of nitrogens with zero attached hydrogens (tertiary/aromatic N) is 1. The van der Waals surface area contributed by atoms with Gasteiger partial charge in [0.15, 0.2) is 11.5 Å². The maximum atomic E-state index is 13.2. The van der Waals surface area contributed by atoms with Gasteiger partial charge in [-0.1, -0.05) is 0 Å². The van der Waals surface area contributed by atoms with Gasteiger partial charge in [0.2, 0.25) is 6.79 Å². The van der Waals surface area contributed by atoms with Crippen molar-refractivity contribution in [1.29, 1.82) is 0 Å². The van der Waals surface area contributed by atoms with Crippen molar-refractivity contribution in [2.24, 2.45) is 0 Å². The van der Waals surface area contributed by atoms with Crippen LogP contribution in [0, 0.1) is 0 Å². The Bertz CT molecular complexity index is 925. The number of sulfonamides is 1. The summed E-state index contributed by atoms with van der Waals surface area (Å²) in [5.74, 6) is 0.778. The summed E-state index contributed by atoms with van der Waals surface area (Å²) in [4.78, 5) is 11.9. The third-order valence-corrected chi connectivity index (χ3v) is 5.66. The molecule has 144 valence electrons. The van der Waals surface area contributed by atoms with Crippen molar-refractivity contribution in [2.75, 3.05) is 31.4 Å². The van der Waals surface area contributed by atoms with Gasteiger partial charge in [-0.25, -0.2) is 8.42 Å². The first kappa shape index (κ1) is 18.8. The van der Waals surface area contributed by atoms with Gasteiger partial charge in [-0.3, -0.25) is 9.10 Å². The molecule has 9 heteroatoms. The minimum Gasteiger partial charge on any atom is -0.494 e. The molecular weight excluding hydrogens is 374 g/mol. The number of esters is 1. The number of hydrogen-bond acceptors (Lipinski definition) is 7. The minimum atomic E-state index is -4.03. The summed E-state index contributed by atoms with van der Waals surface area (Å²) in [5.41, 5.74) is 0.263. The van der Waals surface area contributed by atoms with Gasteiger partial charge in [-0.2, -0.15) is 0 Å². The van der Waals surface area contributed by atoms with Crippen molar-refractivity contribution in [2.45, 2.75) is 11.8 Å². The summed E-state index contributed by atoms with van der Waals surface area (Å²) in [5, 5.41) is 0. The molecule has 0 spiro atoms. The third-order valence-electron chi connectivity index (χ3n) is 3.87. The second-order valence-electron chi connectivity index (χ2n) is 5.53. The fourth-order valence-corrected chi connectivity index (χ4v) is 3.94. The van der Waals surface area contributed by atoms with E-state index in [1.165, 1.54) is 25.3 Å². The molecule has 0 fully saturated rings. The molecule has 2 aromatic rings. The number of methoxy groups -OCH3 is 1. The lowest BCUT2D eigenvalue weighted by Crippen LogP contribution is -2.36. The van der Waals surface area contributed by atoms with Gasteiger partial charge in [0.1, 0.15) is 12.3 Å². The van der Waals surface area contributed by atoms with Crippen LogP contribution >= 0.6 is 0 Å². The highest BCUT2D eigenvalue weighted by Crippen LogP contribution is 2.37. The lowest BCUT2D eigenvalue weighted by Gasteiger charge is -2.23. The lowest BCUT2D eigenvalue weighted by atomic mass is 10.3. The minimum absolute atomic E-state index is 0.0209. The molecule has 0 amide bonds. The third kappa shape index (κ3) is 3.92. The Morgan fingerprint density at radius 3 is 2.48 bits per heavy atom. The zero-order valence-corrected chi connectivity index (χ0v) is 15.7. The Morgan fingerprint density at radius 2 is 1.81 bits per heavy atom. The van der Waals surface area contributed by atoms with Gasteiger partial charge in [0.25, 0.3) is 10.0 Å². The molecule has 3 rings (SSSR count). The molecule has 0 aromatic heterocycles. The predicted octanol–water partition coefficient (Wildman–Crippen LogP) is 2.18. The van der Waals surface area contributed by atoms with Gasteiger partial charge >= 0.3 is 5.97 Å². The number of hydrogen-bond donors (Lipinski definition) is 0. The summed E-state index contributed by atoms with van der Waals surface area (Å²) in [6, 6.07) is 10.6. The molecule has 0 saturated heterocycles. The molecule has 0 atom stereocenters. The van der Waals surface area contributed by atoms with Crippen LogP contribution in [0.25, 0.3) is 0 Å². The average molecular weight is 393 g/mol. The van der Waals surface area contributed by atoms with E-state index >= 15 is 0 Å². The molecule has 0 radical (unpaired) electrons. The number of fused-ring (bicyclic) bond motifs is 1. The predicted molar refractivity (Wildman–Crippen MR) is 96.7 cm³/mol. The summed E-state index contributed by atoms with van der Waals surface area (Å²) in [6.45, 7) is 1.88. The van der Waals surface area contributed by atoms with E-state index in [9.17, 15) is 13.2 Å². The molecule has 2 aromatic carbocycles. The van der Waals surface area contributed by atoms with Crippen LogP contribution in [0.1, 0.15) is 6.92 Å². The van der Waals surface area contributed by atoms with E-state index in [2.05, 4.69) is 4.74 Å². The topological polar surface area (TPSA) is 91.4 Å². The van der Waals surface area contributed by atoms with Gasteiger partial charge in [0.05, 0.1) is 24.3 Å². The SMILES string of the molecule is CCOc1ccc(S(=O)(=O)N(CC(=O)OC)c2ccc3c(c2)OCO3)cc1. The zero-order valence-electron chi connectivity index (χ0n) is 14.9. The highest BCUT2D eigenvalue weighted by molar-refractivity contribution is 7.92. The molecular formula is C18H19NO7S. The van der Waals surface area contributed by atoms with Crippen molar-refractivity contribution >= 4 is 21.7 Å². The van der Waals surface area contributed by atoms with Crippen LogP contribution in [0.3, 0.4) is 0 Å². The van der Waals surface area contributed by atoms with Crippen LogP contribution < -0.4 is 18.5 Å².